The number of phenols is 1. The number of aromatic nitrogens is 1. The van der Waals surface area contributed by atoms with Crippen LogP contribution in [0.5, 0.6) is 11.5 Å². The second-order valence-electron chi connectivity index (χ2n) is 15.4. The van der Waals surface area contributed by atoms with Crippen molar-refractivity contribution in [2.45, 2.75) is 69.7 Å². The summed E-state index contributed by atoms with van der Waals surface area (Å²) in [5.74, 6) is 1.05. The van der Waals surface area contributed by atoms with E-state index in [2.05, 4.69) is 25.8 Å². The number of aliphatic hydroxyl groups excluding tert-OH is 1. The maximum Gasteiger partial charge on any atom is 0.411 e. The number of phenolic OH excluding ortho intramolecular Hbond substituents is 1. The van der Waals surface area contributed by atoms with E-state index in [0.717, 1.165) is 87.0 Å². The van der Waals surface area contributed by atoms with Crippen LogP contribution < -0.4 is 26.2 Å². The number of nitrogens with zero attached hydrogens (tertiary/aromatic N) is 1. The van der Waals surface area contributed by atoms with Gasteiger partial charge in [0.1, 0.15) is 17.6 Å². The van der Waals surface area contributed by atoms with Crippen molar-refractivity contribution in [2.24, 2.45) is 5.92 Å². The van der Waals surface area contributed by atoms with Gasteiger partial charge in [0.2, 0.25) is 5.56 Å². The van der Waals surface area contributed by atoms with Gasteiger partial charge in [-0.1, -0.05) is 66.7 Å². The Morgan fingerprint density at radius 1 is 0.862 bits per heavy atom. The number of nitrogens with one attached hydrogen (secondary N) is 4. The molecule has 0 unspecified atom stereocenters. The van der Waals surface area contributed by atoms with Gasteiger partial charge in [0, 0.05) is 49.2 Å². The van der Waals surface area contributed by atoms with Crippen LogP contribution in [0, 0.1) is 5.92 Å². The van der Waals surface area contributed by atoms with Crippen molar-refractivity contribution < 1.29 is 29.3 Å². The van der Waals surface area contributed by atoms with Crippen molar-refractivity contribution in [1.82, 2.24) is 20.5 Å². The van der Waals surface area contributed by atoms with Crippen molar-refractivity contribution >= 4 is 28.6 Å². The summed E-state index contributed by atoms with van der Waals surface area (Å²) in [6.45, 7) is 3.51. The van der Waals surface area contributed by atoms with Gasteiger partial charge in [-0.2, -0.15) is 0 Å². The monoisotopic (exact) mass is 787 g/mol. The van der Waals surface area contributed by atoms with Gasteiger partial charge in [0.05, 0.1) is 17.3 Å². The number of H-pyrrole nitrogens is 1. The molecular formula is C46H53N5O7. The molecule has 4 aromatic carbocycles. The van der Waals surface area contributed by atoms with Crippen molar-refractivity contribution in [1.29, 1.82) is 0 Å². The second-order valence-corrected chi connectivity index (χ2v) is 15.4. The Morgan fingerprint density at radius 3 is 2.45 bits per heavy atom. The second kappa shape index (κ2) is 19.6. The molecule has 1 atom stereocenters. The first-order valence-electron chi connectivity index (χ1n) is 20.4. The summed E-state index contributed by atoms with van der Waals surface area (Å²) in [4.78, 5) is 42.4. The molecule has 2 heterocycles. The maximum absolute atomic E-state index is 12.8. The number of ether oxygens (including phenoxy) is 2. The Bertz CT molecular complexity index is 2200. The van der Waals surface area contributed by atoms with E-state index in [1.54, 1.807) is 12.1 Å². The molecule has 7 rings (SSSR count). The summed E-state index contributed by atoms with van der Waals surface area (Å²) >= 11 is 0. The van der Waals surface area contributed by atoms with Crippen LogP contribution in [0.4, 0.5) is 10.5 Å². The number of fused-ring (bicyclic) bond motifs is 1. The Kier molecular flexibility index (Phi) is 13.7. The molecule has 1 aliphatic heterocycles. The van der Waals surface area contributed by atoms with Gasteiger partial charge in [0.15, 0.2) is 6.61 Å². The van der Waals surface area contributed by atoms with Gasteiger partial charge in [-0.25, -0.2) is 4.79 Å². The summed E-state index contributed by atoms with van der Waals surface area (Å²) in [6.07, 6.45) is 5.50. The molecule has 0 spiro atoms. The molecule has 0 radical (unpaired) electrons. The fraction of sp³-hybridized carbons (Fsp3) is 0.370. The smallest absolute Gasteiger partial charge is 0.411 e. The zero-order chi connectivity index (χ0) is 40.3. The minimum Gasteiger partial charge on any atom is -0.506 e. The number of amides is 2. The van der Waals surface area contributed by atoms with Crippen molar-refractivity contribution in [3.05, 3.63) is 125 Å². The van der Waals surface area contributed by atoms with Crippen LogP contribution in [0.25, 0.3) is 22.0 Å². The first-order chi connectivity index (χ1) is 28.3. The third-order valence-corrected chi connectivity index (χ3v) is 11.3. The van der Waals surface area contributed by atoms with E-state index >= 15 is 0 Å². The first kappa shape index (κ1) is 40.5. The molecule has 1 saturated heterocycles. The molecule has 2 amide bonds. The number of para-hydroxylation sites is 1. The third-order valence-electron chi connectivity index (χ3n) is 11.3. The van der Waals surface area contributed by atoms with Crippen LogP contribution in [0.3, 0.4) is 0 Å². The number of carbonyl (C=O) groups excluding carboxylic acids is 2. The highest BCUT2D eigenvalue weighted by atomic mass is 16.6. The van der Waals surface area contributed by atoms with Gasteiger partial charge in [-0.15, -0.1) is 0 Å². The lowest BCUT2D eigenvalue weighted by molar-refractivity contribution is -0.124. The number of anilines is 1. The minimum absolute atomic E-state index is 0.0521. The summed E-state index contributed by atoms with van der Waals surface area (Å²) in [7, 11) is 0. The number of benzene rings is 4. The number of hydrogen-bond donors (Lipinski definition) is 6. The first-order valence-corrected chi connectivity index (χ1v) is 20.4. The molecule has 2 fully saturated rings. The van der Waals surface area contributed by atoms with Gasteiger partial charge in [0.25, 0.3) is 5.91 Å². The zero-order valence-corrected chi connectivity index (χ0v) is 32.7. The predicted molar refractivity (Wildman–Crippen MR) is 225 cm³/mol. The van der Waals surface area contributed by atoms with Crippen LogP contribution in [0.15, 0.2) is 108 Å². The van der Waals surface area contributed by atoms with Crippen LogP contribution in [0.1, 0.15) is 62.2 Å². The molecule has 2 aliphatic rings. The maximum atomic E-state index is 12.8. The molecular weight excluding hydrogens is 735 g/mol. The van der Waals surface area contributed by atoms with E-state index in [4.69, 9.17) is 9.47 Å². The Balaban J connectivity index is 0.756. The molecule has 1 aliphatic carbocycles. The van der Waals surface area contributed by atoms with E-state index < -0.39 is 12.2 Å². The quantitative estimate of drug-likeness (QED) is 0.0664. The summed E-state index contributed by atoms with van der Waals surface area (Å²) in [5, 5.41) is 30.9. The van der Waals surface area contributed by atoms with Gasteiger partial charge < -0.3 is 40.2 Å². The van der Waals surface area contributed by atoms with Crippen LogP contribution in [0.2, 0.25) is 0 Å². The number of likely N-dealkylation sites (tertiary alicyclic amines) is 1. The minimum atomic E-state index is -0.867. The van der Waals surface area contributed by atoms with E-state index in [9.17, 15) is 24.6 Å². The molecule has 0 bridgehead atoms. The summed E-state index contributed by atoms with van der Waals surface area (Å²) in [5.41, 5.74) is 4.24. The van der Waals surface area contributed by atoms with Crippen LogP contribution in [-0.2, 0) is 16.1 Å². The highest BCUT2D eigenvalue weighted by Crippen LogP contribution is 2.31. The number of rotatable bonds is 15. The number of carbonyl (C=O) groups is 2. The topological polar surface area (TPSA) is 165 Å². The van der Waals surface area contributed by atoms with Gasteiger partial charge in [-0.05, 0) is 104 Å². The SMILES string of the molecule is O=C(COc1cccc(CNC[C@H](O)c2ccc(O)c3[nH]c(=O)ccc23)c1)NC1CCC(CCN2CCC(OC(=O)Nc3ccccc3-c3ccccc3)CC2)CC1. The molecule has 1 aromatic heterocycles. The Morgan fingerprint density at radius 2 is 1.64 bits per heavy atom. The standard InChI is InChI=1S/C46H53N5O7/c52-41-19-17-38(39-18-20-43(54)50-45(39)41)42(53)29-47-28-32-7-6-10-36(27-32)57-30-44(55)48-34-15-13-31(14-16-34)21-24-51-25-22-35(23-26-51)58-46(56)49-40-12-5-4-11-37(40)33-8-2-1-3-9-33/h1-12,17-20,27,31,34-35,42,47,52-53H,13-16,21-26,28-30H2,(H,48,55)(H,49,56)(H,50,54)/t31?,34?,42-/m0/s1. The number of pyridine rings is 1. The molecule has 12 heteroatoms. The third kappa shape index (κ3) is 11.0. The normalized spacial score (nSPS) is 18.0. The number of piperidine rings is 1. The lowest BCUT2D eigenvalue weighted by Gasteiger charge is -2.34. The molecule has 6 N–H and O–H groups in total. The van der Waals surface area contributed by atoms with Gasteiger partial charge >= 0.3 is 6.09 Å². The number of aromatic hydroxyl groups is 1. The average molecular weight is 788 g/mol. The van der Waals surface area contributed by atoms with Crippen LogP contribution >= 0.6 is 0 Å². The zero-order valence-electron chi connectivity index (χ0n) is 32.7. The van der Waals surface area contributed by atoms with Crippen molar-refractivity contribution in [2.75, 3.05) is 38.1 Å². The number of aliphatic hydroxyl groups is 1. The molecule has 1 saturated carbocycles. The lowest BCUT2D eigenvalue weighted by atomic mass is 9.84. The molecule has 12 nitrogen and oxygen atoms in total. The van der Waals surface area contributed by atoms with E-state index in [-0.39, 0.29) is 42.5 Å². The van der Waals surface area contributed by atoms with E-state index in [1.807, 2.05) is 78.9 Å². The molecule has 5 aromatic rings. The van der Waals surface area contributed by atoms with E-state index in [0.29, 0.717) is 34.7 Å². The van der Waals surface area contributed by atoms with Gasteiger partial charge in [-0.3, -0.25) is 14.9 Å². The molecule has 58 heavy (non-hydrogen) atoms. The highest BCUT2D eigenvalue weighted by Gasteiger charge is 2.26. The number of aromatic amines is 1. The predicted octanol–water partition coefficient (Wildman–Crippen LogP) is 6.88. The largest absolute Gasteiger partial charge is 0.506 e. The Hall–Kier alpha value is -5.69. The summed E-state index contributed by atoms with van der Waals surface area (Å²) < 4.78 is 11.7. The highest BCUT2D eigenvalue weighted by molar-refractivity contribution is 5.91. The van der Waals surface area contributed by atoms with Crippen molar-refractivity contribution in [3.63, 3.8) is 0 Å². The fourth-order valence-corrected chi connectivity index (χ4v) is 8.14. The van der Waals surface area contributed by atoms with Crippen molar-refractivity contribution in [3.8, 4) is 22.6 Å². The average Bonchev–Trinajstić information content (AvgIpc) is 3.24. The number of hydrogen-bond acceptors (Lipinski definition) is 9. The fourth-order valence-electron chi connectivity index (χ4n) is 8.14. The van der Waals surface area contributed by atoms with E-state index in [1.165, 1.54) is 12.1 Å². The Labute approximate surface area is 338 Å². The van der Waals surface area contributed by atoms with Crippen LogP contribution in [-0.4, -0.2) is 77.0 Å². The summed E-state index contributed by atoms with van der Waals surface area (Å²) in [6, 6.07) is 31.5. The molecule has 304 valence electrons. The lowest BCUT2D eigenvalue weighted by Crippen LogP contribution is -2.41.